The SMILES string of the molecule is COc1ccccc1C1CNCC(N)C1. The van der Waals surface area contributed by atoms with Gasteiger partial charge in [0.05, 0.1) is 7.11 Å². The van der Waals surface area contributed by atoms with E-state index in [4.69, 9.17) is 10.5 Å². The Balaban J connectivity index is 2.20. The summed E-state index contributed by atoms with van der Waals surface area (Å²) < 4.78 is 5.37. The van der Waals surface area contributed by atoms with Crippen LogP contribution in [0.5, 0.6) is 5.75 Å². The van der Waals surface area contributed by atoms with Crippen LogP contribution in [-0.4, -0.2) is 26.2 Å². The Hall–Kier alpha value is -1.06. The Morgan fingerprint density at radius 2 is 2.13 bits per heavy atom. The van der Waals surface area contributed by atoms with Gasteiger partial charge in [-0.25, -0.2) is 0 Å². The first-order valence-electron chi connectivity index (χ1n) is 5.40. The van der Waals surface area contributed by atoms with E-state index in [9.17, 15) is 0 Å². The van der Waals surface area contributed by atoms with E-state index in [-0.39, 0.29) is 6.04 Å². The molecule has 0 radical (unpaired) electrons. The molecule has 2 atom stereocenters. The van der Waals surface area contributed by atoms with Crippen LogP contribution < -0.4 is 15.8 Å². The van der Waals surface area contributed by atoms with E-state index in [2.05, 4.69) is 17.4 Å². The molecule has 82 valence electrons. The van der Waals surface area contributed by atoms with Gasteiger partial charge in [-0.2, -0.15) is 0 Å². The number of nitrogens with one attached hydrogen (secondary N) is 1. The van der Waals surface area contributed by atoms with Gasteiger partial charge in [0.25, 0.3) is 0 Å². The second-order valence-corrected chi connectivity index (χ2v) is 4.09. The number of hydrogen-bond donors (Lipinski definition) is 2. The Kier molecular flexibility index (Phi) is 3.23. The monoisotopic (exact) mass is 206 g/mol. The van der Waals surface area contributed by atoms with Crippen LogP contribution in [0.1, 0.15) is 17.9 Å². The van der Waals surface area contributed by atoms with Crippen LogP contribution in [-0.2, 0) is 0 Å². The number of methoxy groups -OCH3 is 1. The minimum atomic E-state index is 0.258. The molecule has 3 heteroatoms. The average Bonchev–Trinajstić information content (AvgIpc) is 2.29. The van der Waals surface area contributed by atoms with Gasteiger partial charge < -0.3 is 15.8 Å². The van der Waals surface area contributed by atoms with E-state index >= 15 is 0 Å². The van der Waals surface area contributed by atoms with Gasteiger partial charge >= 0.3 is 0 Å². The van der Waals surface area contributed by atoms with E-state index < -0.39 is 0 Å². The maximum atomic E-state index is 5.95. The summed E-state index contributed by atoms with van der Waals surface area (Å²) in [6.07, 6.45) is 1.04. The molecule has 0 aliphatic carbocycles. The molecule has 2 unspecified atom stereocenters. The molecule has 0 saturated carbocycles. The Labute approximate surface area is 90.6 Å². The van der Waals surface area contributed by atoms with Crippen LogP contribution in [0.4, 0.5) is 0 Å². The van der Waals surface area contributed by atoms with Crippen molar-refractivity contribution in [3.05, 3.63) is 29.8 Å². The van der Waals surface area contributed by atoms with E-state index in [0.717, 1.165) is 25.3 Å². The van der Waals surface area contributed by atoms with Crippen LogP contribution in [0.2, 0.25) is 0 Å². The molecule has 1 heterocycles. The van der Waals surface area contributed by atoms with Crippen molar-refractivity contribution in [1.29, 1.82) is 0 Å². The molecule has 1 aromatic rings. The van der Waals surface area contributed by atoms with Gasteiger partial charge in [0.2, 0.25) is 0 Å². The maximum absolute atomic E-state index is 5.95. The molecule has 2 rings (SSSR count). The maximum Gasteiger partial charge on any atom is 0.122 e. The van der Waals surface area contributed by atoms with Crippen LogP contribution in [0, 0.1) is 0 Å². The molecule has 1 aliphatic heterocycles. The van der Waals surface area contributed by atoms with Crippen molar-refractivity contribution < 1.29 is 4.74 Å². The highest BCUT2D eigenvalue weighted by molar-refractivity contribution is 5.36. The normalized spacial score (nSPS) is 26.3. The van der Waals surface area contributed by atoms with Crippen LogP contribution in [0.3, 0.4) is 0 Å². The van der Waals surface area contributed by atoms with Gasteiger partial charge in [0.1, 0.15) is 5.75 Å². The lowest BCUT2D eigenvalue weighted by Gasteiger charge is -2.28. The number of rotatable bonds is 2. The molecule has 1 saturated heterocycles. The van der Waals surface area contributed by atoms with Crippen molar-refractivity contribution in [2.24, 2.45) is 5.73 Å². The topological polar surface area (TPSA) is 47.3 Å². The van der Waals surface area contributed by atoms with Gasteiger partial charge in [-0.15, -0.1) is 0 Å². The molecular formula is C12H18N2O. The zero-order valence-corrected chi connectivity index (χ0v) is 9.07. The predicted molar refractivity (Wildman–Crippen MR) is 61.2 cm³/mol. The van der Waals surface area contributed by atoms with Gasteiger partial charge in [0, 0.05) is 25.0 Å². The lowest BCUT2D eigenvalue weighted by atomic mass is 9.89. The largest absolute Gasteiger partial charge is 0.496 e. The molecule has 3 N–H and O–H groups in total. The fourth-order valence-corrected chi connectivity index (χ4v) is 2.22. The highest BCUT2D eigenvalue weighted by atomic mass is 16.5. The van der Waals surface area contributed by atoms with E-state index in [1.807, 2.05) is 12.1 Å². The smallest absolute Gasteiger partial charge is 0.122 e. The third-order valence-electron chi connectivity index (χ3n) is 2.96. The third-order valence-corrected chi connectivity index (χ3v) is 2.96. The molecule has 15 heavy (non-hydrogen) atoms. The minimum Gasteiger partial charge on any atom is -0.496 e. The summed E-state index contributed by atoms with van der Waals surface area (Å²) >= 11 is 0. The lowest BCUT2D eigenvalue weighted by Crippen LogP contribution is -2.43. The molecular weight excluding hydrogens is 188 g/mol. The summed E-state index contributed by atoms with van der Waals surface area (Å²) in [7, 11) is 1.72. The molecule has 3 nitrogen and oxygen atoms in total. The first-order chi connectivity index (χ1) is 7.31. The van der Waals surface area contributed by atoms with Crippen molar-refractivity contribution >= 4 is 0 Å². The first-order valence-corrected chi connectivity index (χ1v) is 5.40. The summed E-state index contributed by atoms with van der Waals surface area (Å²) in [6, 6.07) is 8.45. The van der Waals surface area contributed by atoms with Crippen molar-refractivity contribution in [3.8, 4) is 5.75 Å². The number of nitrogens with two attached hydrogens (primary N) is 1. The van der Waals surface area contributed by atoms with Crippen molar-refractivity contribution in [1.82, 2.24) is 5.32 Å². The fourth-order valence-electron chi connectivity index (χ4n) is 2.22. The second kappa shape index (κ2) is 4.64. The molecule has 0 bridgehead atoms. The molecule has 1 fully saturated rings. The Morgan fingerprint density at radius 3 is 2.87 bits per heavy atom. The van der Waals surface area contributed by atoms with E-state index in [1.165, 1.54) is 5.56 Å². The average molecular weight is 206 g/mol. The van der Waals surface area contributed by atoms with Gasteiger partial charge in [-0.1, -0.05) is 18.2 Å². The summed E-state index contributed by atoms with van der Waals surface area (Å²) in [5, 5.41) is 3.35. The zero-order chi connectivity index (χ0) is 10.7. The lowest BCUT2D eigenvalue weighted by molar-refractivity contribution is 0.378. The van der Waals surface area contributed by atoms with Crippen LogP contribution in [0.25, 0.3) is 0 Å². The minimum absolute atomic E-state index is 0.258. The van der Waals surface area contributed by atoms with Gasteiger partial charge in [-0.3, -0.25) is 0 Å². The summed E-state index contributed by atoms with van der Waals surface area (Å²) in [4.78, 5) is 0. The number of piperidine rings is 1. The van der Waals surface area contributed by atoms with Crippen LogP contribution >= 0.6 is 0 Å². The van der Waals surface area contributed by atoms with E-state index in [1.54, 1.807) is 7.11 Å². The predicted octanol–water partition coefficient (Wildman–Crippen LogP) is 1.10. The standard InChI is InChI=1S/C12H18N2O/c1-15-12-5-3-2-4-11(12)9-6-10(13)8-14-7-9/h2-5,9-10,14H,6-8,13H2,1H3. The highest BCUT2D eigenvalue weighted by Crippen LogP contribution is 2.30. The Morgan fingerprint density at radius 1 is 1.33 bits per heavy atom. The number of benzene rings is 1. The van der Waals surface area contributed by atoms with Crippen molar-refractivity contribution in [3.63, 3.8) is 0 Å². The molecule has 1 aliphatic rings. The second-order valence-electron chi connectivity index (χ2n) is 4.09. The van der Waals surface area contributed by atoms with Gasteiger partial charge in [0.15, 0.2) is 0 Å². The Bertz CT molecular complexity index is 327. The quantitative estimate of drug-likeness (QED) is 0.761. The van der Waals surface area contributed by atoms with Crippen molar-refractivity contribution in [2.45, 2.75) is 18.4 Å². The summed E-state index contributed by atoms with van der Waals surface area (Å²) in [6.45, 7) is 1.92. The number of para-hydroxylation sites is 1. The van der Waals surface area contributed by atoms with E-state index in [0.29, 0.717) is 5.92 Å². The first kappa shape index (κ1) is 10.5. The van der Waals surface area contributed by atoms with Crippen molar-refractivity contribution in [2.75, 3.05) is 20.2 Å². The fraction of sp³-hybridized carbons (Fsp3) is 0.500. The third kappa shape index (κ3) is 2.30. The molecule has 0 aromatic heterocycles. The molecule has 0 spiro atoms. The highest BCUT2D eigenvalue weighted by Gasteiger charge is 2.22. The summed E-state index contributed by atoms with van der Waals surface area (Å²) in [5.41, 5.74) is 7.22. The van der Waals surface area contributed by atoms with Crippen LogP contribution in [0.15, 0.2) is 24.3 Å². The van der Waals surface area contributed by atoms with Gasteiger partial charge in [-0.05, 0) is 18.1 Å². The number of hydrogen-bond acceptors (Lipinski definition) is 3. The number of ether oxygens (including phenoxy) is 1. The molecule has 0 amide bonds. The summed E-state index contributed by atoms with van der Waals surface area (Å²) in [5.74, 6) is 1.45. The zero-order valence-electron chi connectivity index (χ0n) is 9.07. The molecule has 1 aromatic carbocycles.